The normalized spacial score (nSPS) is 11.0. The van der Waals surface area contributed by atoms with E-state index >= 15 is 0 Å². The number of anilines is 1. The minimum Gasteiger partial charge on any atom is -0.375 e. The SMILES string of the molecule is Nc1nc2c(F)cc(F)c(Br)c2s1. The van der Waals surface area contributed by atoms with Crippen LogP contribution in [0.2, 0.25) is 0 Å². The Labute approximate surface area is 84.5 Å². The standard InChI is InChI=1S/C7H3BrF2N2S/c8-4-2(9)1-3(10)5-6(4)13-7(11)12-5/h1H,(H2,11,12). The van der Waals surface area contributed by atoms with Crippen LogP contribution in [0.25, 0.3) is 10.2 Å². The number of fused-ring (bicyclic) bond motifs is 1. The van der Waals surface area contributed by atoms with Crippen molar-refractivity contribution in [2.45, 2.75) is 0 Å². The molecule has 1 aromatic heterocycles. The summed E-state index contributed by atoms with van der Waals surface area (Å²) in [5.74, 6) is -1.34. The van der Waals surface area contributed by atoms with Crippen LogP contribution in [-0.4, -0.2) is 4.98 Å². The maximum Gasteiger partial charge on any atom is 0.181 e. The highest BCUT2D eigenvalue weighted by Gasteiger charge is 2.14. The first-order valence-electron chi connectivity index (χ1n) is 3.29. The molecule has 0 unspecified atom stereocenters. The quantitative estimate of drug-likeness (QED) is 0.744. The number of nitrogens with zero attached hydrogens (tertiary/aromatic N) is 1. The molecule has 2 rings (SSSR count). The molecular formula is C7H3BrF2N2S. The molecule has 0 saturated carbocycles. The third-order valence-corrected chi connectivity index (χ3v) is 3.47. The van der Waals surface area contributed by atoms with E-state index in [1.165, 1.54) is 0 Å². The molecule has 0 aliphatic carbocycles. The summed E-state index contributed by atoms with van der Waals surface area (Å²) < 4.78 is 26.6. The summed E-state index contributed by atoms with van der Waals surface area (Å²) in [6.45, 7) is 0. The molecule has 0 saturated heterocycles. The highest BCUT2D eigenvalue weighted by Crippen LogP contribution is 2.34. The van der Waals surface area contributed by atoms with Crippen LogP contribution in [0.5, 0.6) is 0 Å². The zero-order chi connectivity index (χ0) is 9.59. The second-order valence-corrected chi connectivity index (χ2v) is 4.21. The zero-order valence-electron chi connectivity index (χ0n) is 6.14. The average Bonchev–Trinajstić information content (AvgIpc) is 2.44. The van der Waals surface area contributed by atoms with Crippen molar-refractivity contribution in [3.05, 3.63) is 22.2 Å². The van der Waals surface area contributed by atoms with Crippen molar-refractivity contribution in [1.29, 1.82) is 0 Å². The third kappa shape index (κ3) is 1.30. The molecule has 0 aliphatic heterocycles. The molecule has 0 amide bonds. The number of hydrogen-bond donors (Lipinski definition) is 1. The lowest BCUT2D eigenvalue weighted by Gasteiger charge is -1.95. The molecule has 1 aromatic carbocycles. The Bertz CT molecular complexity index is 483. The Morgan fingerprint density at radius 2 is 2.08 bits per heavy atom. The fourth-order valence-corrected chi connectivity index (χ4v) is 2.32. The smallest absolute Gasteiger partial charge is 0.181 e. The number of halogens is 3. The van der Waals surface area contributed by atoms with Crippen LogP contribution in [0.4, 0.5) is 13.9 Å². The number of nitrogens with two attached hydrogens (primary N) is 1. The van der Waals surface area contributed by atoms with Gasteiger partial charge in [-0.2, -0.15) is 0 Å². The molecule has 0 fully saturated rings. The van der Waals surface area contributed by atoms with Crippen LogP contribution in [-0.2, 0) is 0 Å². The van der Waals surface area contributed by atoms with Crippen molar-refractivity contribution in [3.63, 3.8) is 0 Å². The van der Waals surface area contributed by atoms with Crippen molar-refractivity contribution in [2.24, 2.45) is 0 Å². The highest BCUT2D eigenvalue weighted by molar-refractivity contribution is 9.10. The zero-order valence-corrected chi connectivity index (χ0v) is 8.55. The van der Waals surface area contributed by atoms with Gasteiger partial charge < -0.3 is 5.73 Å². The van der Waals surface area contributed by atoms with E-state index in [0.717, 1.165) is 17.4 Å². The summed E-state index contributed by atoms with van der Waals surface area (Å²) in [6.07, 6.45) is 0. The van der Waals surface area contributed by atoms with Crippen molar-refractivity contribution < 1.29 is 8.78 Å². The van der Waals surface area contributed by atoms with Gasteiger partial charge in [0.25, 0.3) is 0 Å². The number of aromatic nitrogens is 1. The first-order valence-corrected chi connectivity index (χ1v) is 4.90. The predicted molar refractivity (Wildman–Crippen MR) is 51.6 cm³/mol. The molecule has 2 nitrogen and oxygen atoms in total. The minimum absolute atomic E-state index is 0.107. The van der Waals surface area contributed by atoms with Gasteiger partial charge in [0.1, 0.15) is 11.3 Å². The van der Waals surface area contributed by atoms with Crippen LogP contribution in [0.15, 0.2) is 10.5 Å². The molecule has 0 radical (unpaired) electrons. The Morgan fingerprint density at radius 1 is 1.38 bits per heavy atom. The molecule has 68 valence electrons. The molecule has 0 aliphatic rings. The Kier molecular flexibility index (Phi) is 1.96. The van der Waals surface area contributed by atoms with E-state index < -0.39 is 11.6 Å². The molecule has 13 heavy (non-hydrogen) atoms. The molecule has 0 spiro atoms. The number of benzene rings is 1. The molecule has 0 atom stereocenters. The number of rotatable bonds is 0. The lowest BCUT2D eigenvalue weighted by Crippen LogP contribution is -1.84. The number of hydrogen-bond acceptors (Lipinski definition) is 3. The van der Waals surface area contributed by atoms with Crippen LogP contribution in [0, 0.1) is 11.6 Å². The van der Waals surface area contributed by atoms with Crippen molar-refractivity contribution in [3.8, 4) is 0 Å². The maximum atomic E-state index is 13.1. The van der Waals surface area contributed by atoms with Gasteiger partial charge in [0.05, 0.1) is 9.17 Å². The van der Waals surface area contributed by atoms with E-state index in [2.05, 4.69) is 20.9 Å². The van der Waals surface area contributed by atoms with E-state index in [1.54, 1.807) is 0 Å². The van der Waals surface area contributed by atoms with E-state index in [1.807, 2.05) is 0 Å². The van der Waals surface area contributed by atoms with Gasteiger partial charge in [0.2, 0.25) is 0 Å². The summed E-state index contributed by atoms with van der Waals surface area (Å²) in [7, 11) is 0. The van der Waals surface area contributed by atoms with E-state index in [0.29, 0.717) is 4.70 Å². The molecular weight excluding hydrogens is 262 g/mol. The van der Waals surface area contributed by atoms with Crippen molar-refractivity contribution >= 4 is 42.6 Å². The van der Waals surface area contributed by atoms with Gasteiger partial charge in [-0.25, -0.2) is 13.8 Å². The molecule has 0 bridgehead atoms. The van der Waals surface area contributed by atoms with Crippen LogP contribution < -0.4 is 5.73 Å². The topological polar surface area (TPSA) is 38.9 Å². The lowest BCUT2D eigenvalue weighted by molar-refractivity contribution is 0.587. The molecule has 1 heterocycles. The predicted octanol–water partition coefficient (Wildman–Crippen LogP) is 2.92. The maximum absolute atomic E-state index is 13.1. The molecule has 2 N–H and O–H groups in total. The fraction of sp³-hybridized carbons (Fsp3) is 0. The number of thiazole rings is 1. The second kappa shape index (κ2) is 2.88. The summed E-state index contributed by atoms with van der Waals surface area (Å²) in [4.78, 5) is 3.74. The van der Waals surface area contributed by atoms with Crippen LogP contribution in [0.1, 0.15) is 0 Å². The van der Waals surface area contributed by atoms with Gasteiger partial charge in [0, 0.05) is 6.07 Å². The monoisotopic (exact) mass is 264 g/mol. The van der Waals surface area contributed by atoms with Gasteiger partial charge in [0.15, 0.2) is 10.9 Å². The van der Waals surface area contributed by atoms with Crippen LogP contribution >= 0.6 is 27.3 Å². The van der Waals surface area contributed by atoms with Crippen molar-refractivity contribution in [2.75, 3.05) is 5.73 Å². The highest BCUT2D eigenvalue weighted by atomic mass is 79.9. The Morgan fingerprint density at radius 3 is 2.77 bits per heavy atom. The first-order chi connectivity index (χ1) is 6.09. The fourth-order valence-electron chi connectivity index (χ4n) is 0.999. The molecule has 6 heteroatoms. The van der Waals surface area contributed by atoms with E-state index in [-0.39, 0.29) is 15.1 Å². The Balaban J connectivity index is 2.95. The molecule has 2 aromatic rings. The van der Waals surface area contributed by atoms with E-state index in [9.17, 15) is 8.78 Å². The summed E-state index contributed by atoms with van der Waals surface area (Å²) >= 11 is 4.05. The van der Waals surface area contributed by atoms with Gasteiger partial charge >= 0.3 is 0 Å². The van der Waals surface area contributed by atoms with Gasteiger partial charge in [-0.15, -0.1) is 0 Å². The lowest BCUT2D eigenvalue weighted by atomic mass is 10.3. The number of nitrogen functional groups attached to an aromatic ring is 1. The third-order valence-electron chi connectivity index (χ3n) is 1.53. The van der Waals surface area contributed by atoms with Gasteiger partial charge in [-0.3, -0.25) is 0 Å². The summed E-state index contributed by atoms with van der Waals surface area (Å²) in [5.41, 5.74) is 5.48. The summed E-state index contributed by atoms with van der Waals surface area (Å²) in [5, 5.41) is 0.222. The summed E-state index contributed by atoms with van der Waals surface area (Å²) in [6, 6.07) is 0.783. The van der Waals surface area contributed by atoms with Gasteiger partial charge in [-0.1, -0.05) is 11.3 Å². The first kappa shape index (κ1) is 8.83. The average molecular weight is 265 g/mol. The largest absolute Gasteiger partial charge is 0.375 e. The minimum atomic E-state index is -0.691. The Hall–Kier alpha value is -0.750. The van der Waals surface area contributed by atoms with Gasteiger partial charge in [-0.05, 0) is 15.9 Å². The van der Waals surface area contributed by atoms with Crippen LogP contribution in [0.3, 0.4) is 0 Å². The second-order valence-electron chi connectivity index (χ2n) is 2.38. The van der Waals surface area contributed by atoms with Crippen molar-refractivity contribution in [1.82, 2.24) is 4.98 Å². The van der Waals surface area contributed by atoms with E-state index in [4.69, 9.17) is 5.73 Å².